The Morgan fingerprint density at radius 1 is 1.14 bits per heavy atom. The molecule has 0 aromatic rings. The Bertz CT molecular complexity index is 27.2. The Labute approximate surface area is 69.4 Å². The van der Waals surface area contributed by atoms with Crippen molar-refractivity contribution in [3.05, 3.63) is 0 Å². The second-order valence-electron chi connectivity index (χ2n) is 2.11. The molecule has 0 radical (unpaired) electrons. The average Bonchev–Trinajstić information content (AvgIpc) is 0.722. The molecule has 7 heavy (non-hydrogen) atoms. The van der Waals surface area contributed by atoms with Crippen molar-refractivity contribution in [2.45, 2.75) is 26.4 Å². The summed E-state index contributed by atoms with van der Waals surface area (Å²) in [6.07, 6.45) is 0. The van der Waals surface area contributed by atoms with Gasteiger partial charge in [0, 0.05) is 0 Å². The maximum Gasteiger partial charge on any atom is 1.00 e. The van der Waals surface area contributed by atoms with Crippen LogP contribution in [0, 0.1) is 0 Å². The standard InChI is InChI=1S/C4H9O.BH3.Na/c1-4(2,3)5;;/h1-3H3;1H3;/q-1;;+1. The largest absolute Gasteiger partial charge is 1.00 e. The molecule has 0 aliphatic rings. The summed E-state index contributed by atoms with van der Waals surface area (Å²) < 4.78 is 0. The predicted octanol–water partition coefficient (Wildman–Crippen LogP) is -4.03. The Balaban J connectivity index is -0.0000000800. The van der Waals surface area contributed by atoms with Crippen LogP contribution >= 0.6 is 0 Å². The van der Waals surface area contributed by atoms with Crippen molar-refractivity contribution in [1.29, 1.82) is 0 Å². The first-order valence-electron chi connectivity index (χ1n) is 1.70. The van der Waals surface area contributed by atoms with E-state index in [-0.39, 0.29) is 38.0 Å². The van der Waals surface area contributed by atoms with Gasteiger partial charge in [-0.15, -0.1) is 5.60 Å². The molecule has 0 unspecified atom stereocenters. The van der Waals surface area contributed by atoms with Gasteiger partial charge in [0.1, 0.15) is 0 Å². The molecule has 0 amide bonds. The van der Waals surface area contributed by atoms with Crippen LogP contribution in [0.5, 0.6) is 0 Å². The summed E-state index contributed by atoms with van der Waals surface area (Å²) in [6, 6.07) is 0. The first-order valence-corrected chi connectivity index (χ1v) is 1.70. The second kappa shape index (κ2) is 5.17. The fourth-order valence-corrected chi connectivity index (χ4v) is 0. The fraction of sp³-hybridized carbons (Fsp3) is 1.00. The summed E-state index contributed by atoms with van der Waals surface area (Å²) >= 11 is 0. The summed E-state index contributed by atoms with van der Waals surface area (Å²) in [5.74, 6) is 0. The number of hydrogen-bond donors (Lipinski definition) is 0. The molecule has 0 fully saturated rings. The van der Waals surface area contributed by atoms with Gasteiger partial charge in [-0.3, -0.25) is 0 Å². The molecule has 0 N–H and O–H groups in total. The van der Waals surface area contributed by atoms with Gasteiger partial charge < -0.3 is 5.11 Å². The normalized spacial score (nSPS) is 8.57. The van der Waals surface area contributed by atoms with Crippen molar-refractivity contribution in [2.75, 3.05) is 0 Å². The topological polar surface area (TPSA) is 23.1 Å². The van der Waals surface area contributed by atoms with Crippen LogP contribution in [0.4, 0.5) is 0 Å². The Morgan fingerprint density at radius 2 is 1.14 bits per heavy atom. The van der Waals surface area contributed by atoms with Crippen molar-refractivity contribution >= 4 is 8.41 Å². The molecule has 0 aromatic carbocycles. The zero-order valence-electron chi connectivity index (χ0n) is 4.91. The first-order chi connectivity index (χ1) is 2.00. The summed E-state index contributed by atoms with van der Waals surface area (Å²) in [5.41, 5.74) is -0.750. The SMILES string of the molecule is B.CC(C)(C)[O-].[Na+]. The van der Waals surface area contributed by atoms with E-state index < -0.39 is 5.60 Å². The zero-order valence-corrected chi connectivity index (χ0v) is 6.91. The molecule has 0 aliphatic carbocycles. The van der Waals surface area contributed by atoms with Crippen molar-refractivity contribution in [3.8, 4) is 0 Å². The van der Waals surface area contributed by atoms with Crippen molar-refractivity contribution in [2.24, 2.45) is 0 Å². The van der Waals surface area contributed by atoms with E-state index in [0.29, 0.717) is 0 Å². The first kappa shape index (κ1) is 15.7. The van der Waals surface area contributed by atoms with E-state index in [2.05, 4.69) is 0 Å². The van der Waals surface area contributed by atoms with Crippen LogP contribution in [0.1, 0.15) is 20.8 Å². The molecule has 0 saturated heterocycles. The average molecular weight is 110 g/mol. The van der Waals surface area contributed by atoms with Gasteiger partial charge in [-0.05, 0) is 0 Å². The molecule has 0 heterocycles. The molecule has 0 saturated carbocycles. The summed E-state index contributed by atoms with van der Waals surface area (Å²) in [7, 11) is 0. The van der Waals surface area contributed by atoms with E-state index in [0.717, 1.165) is 0 Å². The molecule has 0 rings (SSSR count). The van der Waals surface area contributed by atoms with E-state index >= 15 is 0 Å². The van der Waals surface area contributed by atoms with Crippen LogP contribution in [0.2, 0.25) is 0 Å². The van der Waals surface area contributed by atoms with Gasteiger partial charge in [0.05, 0.1) is 8.41 Å². The van der Waals surface area contributed by atoms with Crippen LogP contribution in [-0.2, 0) is 0 Å². The smallest absolute Gasteiger partial charge is 0.850 e. The minimum atomic E-state index is -0.750. The van der Waals surface area contributed by atoms with E-state index in [9.17, 15) is 5.11 Å². The van der Waals surface area contributed by atoms with Gasteiger partial charge in [0.2, 0.25) is 0 Å². The molecule has 1 nitrogen and oxygen atoms in total. The van der Waals surface area contributed by atoms with Crippen molar-refractivity contribution < 1.29 is 34.7 Å². The third-order valence-corrected chi connectivity index (χ3v) is 0. The minimum Gasteiger partial charge on any atom is -0.850 e. The van der Waals surface area contributed by atoms with Gasteiger partial charge >= 0.3 is 29.6 Å². The molecular weight excluding hydrogens is 97.8 g/mol. The molecule has 38 valence electrons. The van der Waals surface area contributed by atoms with Crippen molar-refractivity contribution in [3.63, 3.8) is 0 Å². The van der Waals surface area contributed by atoms with E-state index in [1.165, 1.54) is 0 Å². The van der Waals surface area contributed by atoms with E-state index in [1.807, 2.05) is 0 Å². The molecule has 0 bridgehead atoms. The molecule has 0 aliphatic heterocycles. The predicted molar refractivity (Wildman–Crippen MR) is 29.7 cm³/mol. The summed E-state index contributed by atoms with van der Waals surface area (Å²) in [5, 5.41) is 10.1. The summed E-state index contributed by atoms with van der Waals surface area (Å²) in [6.45, 7) is 4.90. The van der Waals surface area contributed by atoms with Gasteiger partial charge in [-0.1, -0.05) is 20.8 Å². The van der Waals surface area contributed by atoms with Gasteiger partial charge in [-0.2, -0.15) is 0 Å². The number of rotatable bonds is 0. The fourth-order valence-electron chi connectivity index (χ4n) is 0. The van der Waals surface area contributed by atoms with Crippen molar-refractivity contribution in [1.82, 2.24) is 0 Å². The van der Waals surface area contributed by atoms with Crippen LogP contribution < -0.4 is 34.7 Å². The van der Waals surface area contributed by atoms with Gasteiger partial charge in [0.25, 0.3) is 0 Å². The van der Waals surface area contributed by atoms with Gasteiger partial charge in [0.15, 0.2) is 0 Å². The second-order valence-corrected chi connectivity index (χ2v) is 2.11. The zero-order chi connectivity index (χ0) is 4.50. The Morgan fingerprint density at radius 3 is 1.14 bits per heavy atom. The Hall–Kier alpha value is 1.02. The van der Waals surface area contributed by atoms with E-state index in [4.69, 9.17) is 0 Å². The van der Waals surface area contributed by atoms with Crippen LogP contribution in [0.25, 0.3) is 0 Å². The van der Waals surface area contributed by atoms with Crippen LogP contribution in [0.3, 0.4) is 0 Å². The molecule has 3 heteroatoms. The Kier molecular flexibility index (Phi) is 11.6. The van der Waals surface area contributed by atoms with Crippen LogP contribution in [0.15, 0.2) is 0 Å². The maximum atomic E-state index is 10.1. The summed E-state index contributed by atoms with van der Waals surface area (Å²) in [4.78, 5) is 0. The quantitative estimate of drug-likeness (QED) is 0.291. The van der Waals surface area contributed by atoms with E-state index in [1.54, 1.807) is 20.8 Å². The molecule has 0 atom stereocenters. The van der Waals surface area contributed by atoms with Gasteiger partial charge in [-0.25, -0.2) is 0 Å². The molecule has 0 aromatic heterocycles. The number of hydrogen-bond acceptors (Lipinski definition) is 1. The third-order valence-electron chi connectivity index (χ3n) is 0. The maximum absolute atomic E-state index is 10.1. The third kappa shape index (κ3) is 169. The minimum absolute atomic E-state index is 0. The molecular formula is C4H12BNaO. The monoisotopic (exact) mass is 110 g/mol. The molecule has 0 spiro atoms. The van der Waals surface area contributed by atoms with Crippen LogP contribution in [-0.4, -0.2) is 14.0 Å².